The number of amides is 1. The molecule has 0 radical (unpaired) electrons. The van der Waals surface area contributed by atoms with Crippen molar-refractivity contribution in [3.63, 3.8) is 0 Å². The van der Waals surface area contributed by atoms with Gasteiger partial charge in [-0.1, -0.05) is 30.3 Å². The SMILES string of the molecule is CC1CN(c2ccc(NC(=O)CCCn3nnc(-c4ccccc4)n3)cc2)CC(C)O1. The minimum Gasteiger partial charge on any atom is -0.372 e. The van der Waals surface area contributed by atoms with Crippen molar-refractivity contribution in [1.82, 2.24) is 20.2 Å². The molecule has 0 spiro atoms. The van der Waals surface area contributed by atoms with Gasteiger partial charge in [0.1, 0.15) is 0 Å². The van der Waals surface area contributed by atoms with Crippen LogP contribution in [0, 0.1) is 0 Å². The van der Waals surface area contributed by atoms with Crippen LogP contribution in [0.5, 0.6) is 0 Å². The fourth-order valence-corrected chi connectivity index (χ4v) is 3.79. The van der Waals surface area contributed by atoms with Crippen molar-refractivity contribution in [3.8, 4) is 11.4 Å². The van der Waals surface area contributed by atoms with E-state index in [4.69, 9.17) is 4.74 Å². The second-order valence-electron chi connectivity index (χ2n) is 7.94. The summed E-state index contributed by atoms with van der Waals surface area (Å²) in [5, 5.41) is 15.5. The number of ether oxygens (including phenoxy) is 1. The minimum atomic E-state index is -0.0234. The van der Waals surface area contributed by atoms with Crippen LogP contribution in [0.15, 0.2) is 54.6 Å². The van der Waals surface area contributed by atoms with Gasteiger partial charge in [0.25, 0.3) is 0 Å². The lowest BCUT2D eigenvalue weighted by atomic mass is 10.2. The monoisotopic (exact) mass is 420 g/mol. The number of nitrogens with zero attached hydrogens (tertiary/aromatic N) is 5. The number of tetrazole rings is 1. The Hall–Kier alpha value is -3.26. The number of nitrogens with one attached hydrogen (secondary N) is 1. The maximum absolute atomic E-state index is 12.3. The van der Waals surface area contributed by atoms with Gasteiger partial charge in [0.05, 0.1) is 18.8 Å². The predicted octanol–water partition coefficient (Wildman–Crippen LogP) is 3.37. The van der Waals surface area contributed by atoms with E-state index in [1.165, 1.54) is 4.80 Å². The lowest BCUT2D eigenvalue weighted by Gasteiger charge is -2.36. The third-order valence-electron chi connectivity index (χ3n) is 5.18. The van der Waals surface area contributed by atoms with Crippen LogP contribution in [-0.4, -0.2) is 51.4 Å². The van der Waals surface area contributed by atoms with Gasteiger partial charge in [-0.25, -0.2) is 0 Å². The van der Waals surface area contributed by atoms with Gasteiger partial charge in [0.2, 0.25) is 11.7 Å². The molecule has 162 valence electrons. The number of hydrogen-bond acceptors (Lipinski definition) is 6. The summed E-state index contributed by atoms with van der Waals surface area (Å²) in [6.45, 7) is 6.47. The van der Waals surface area contributed by atoms with Crippen LogP contribution >= 0.6 is 0 Å². The highest BCUT2D eigenvalue weighted by molar-refractivity contribution is 5.90. The quantitative estimate of drug-likeness (QED) is 0.631. The van der Waals surface area contributed by atoms with E-state index in [1.807, 2.05) is 54.6 Å². The maximum atomic E-state index is 12.3. The molecular weight excluding hydrogens is 392 g/mol. The third-order valence-corrected chi connectivity index (χ3v) is 5.18. The number of aryl methyl sites for hydroxylation is 1. The summed E-state index contributed by atoms with van der Waals surface area (Å²) in [6.07, 6.45) is 1.46. The maximum Gasteiger partial charge on any atom is 0.224 e. The lowest BCUT2D eigenvalue weighted by Crippen LogP contribution is -2.45. The van der Waals surface area contributed by atoms with Gasteiger partial charge in [0.15, 0.2) is 0 Å². The normalized spacial score (nSPS) is 18.7. The number of carbonyl (C=O) groups excluding carboxylic acids is 1. The Morgan fingerprint density at radius 3 is 2.48 bits per heavy atom. The molecule has 31 heavy (non-hydrogen) atoms. The lowest BCUT2D eigenvalue weighted by molar-refractivity contribution is -0.116. The molecule has 2 aromatic carbocycles. The van der Waals surface area contributed by atoms with Gasteiger partial charge in [0, 0.05) is 36.4 Å². The van der Waals surface area contributed by atoms with Crippen molar-refractivity contribution < 1.29 is 9.53 Å². The summed E-state index contributed by atoms with van der Waals surface area (Å²) in [5.74, 6) is 0.568. The Labute approximate surface area is 182 Å². The Kier molecular flexibility index (Phi) is 6.57. The molecule has 2 atom stereocenters. The van der Waals surface area contributed by atoms with Gasteiger partial charge < -0.3 is 15.0 Å². The van der Waals surface area contributed by atoms with Gasteiger partial charge in [-0.15, -0.1) is 10.2 Å². The molecule has 3 aromatic rings. The standard InChI is InChI=1S/C23H28N6O2/c1-17-15-28(16-18(2)31-17)21-12-10-20(11-13-21)24-22(30)9-6-14-29-26-23(25-27-29)19-7-4-3-5-8-19/h3-5,7-8,10-13,17-18H,6,9,14-16H2,1-2H3,(H,24,30). The average Bonchev–Trinajstić information content (AvgIpc) is 3.23. The number of carbonyl (C=O) groups is 1. The number of anilines is 2. The van der Waals surface area contributed by atoms with Crippen LogP contribution in [0.3, 0.4) is 0 Å². The predicted molar refractivity (Wildman–Crippen MR) is 120 cm³/mol. The second kappa shape index (κ2) is 9.70. The van der Waals surface area contributed by atoms with E-state index in [2.05, 4.69) is 39.5 Å². The molecule has 1 N–H and O–H groups in total. The van der Waals surface area contributed by atoms with Crippen LogP contribution in [0.1, 0.15) is 26.7 Å². The number of hydrogen-bond donors (Lipinski definition) is 1. The van der Waals surface area contributed by atoms with Crippen LogP contribution in [0.2, 0.25) is 0 Å². The Bertz CT molecular complexity index is 979. The molecule has 0 aliphatic carbocycles. The Morgan fingerprint density at radius 2 is 1.77 bits per heavy atom. The van der Waals surface area contributed by atoms with E-state index >= 15 is 0 Å². The Balaban J connectivity index is 1.23. The van der Waals surface area contributed by atoms with Crippen molar-refractivity contribution in [3.05, 3.63) is 54.6 Å². The zero-order valence-corrected chi connectivity index (χ0v) is 17.9. The minimum absolute atomic E-state index is 0.0234. The second-order valence-corrected chi connectivity index (χ2v) is 7.94. The first kappa shape index (κ1) is 21.0. The molecular formula is C23H28N6O2. The number of rotatable bonds is 7. The van der Waals surface area contributed by atoms with E-state index in [0.29, 0.717) is 25.2 Å². The average molecular weight is 421 g/mol. The van der Waals surface area contributed by atoms with E-state index in [-0.39, 0.29) is 18.1 Å². The first-order valence-electron chi connectivity index (χ1n) is 10.7. The summed E-state index contributed by atoms with van der Waals surface area (Å²) >= 11 is 0. The fourth-order valence-electron chi connectivity index (χ4n) is 3.79. The topological polar surface area (TPSA) is 85.2 Å². The molecule has 1 aliphatic heterocycles. The van der Waals surface area contributed by atoms with Gasteiger partial charge in [-0.2, -0.15) is 4.80 Å². The van der Waals surface area contributed by atoms with Crippen LogP contribution in [0.4, 0.5) is 11.4 Å². The zero-order chi connectivity index (χ0) is 21.6. The first-order chi connectivity index (χ1) is 15.1. The molecule has 0 bridgehead atoms. The summed E-state index contributed by atoms with van der Waals surface area (Å²) in [7, 11) is 0. The third kappa shape index (κ3) is 5.67. The zero-order valence-electron chi connectivity index (χ0n) is 17.9. The van der Waals surface area contributed by atoms with E-state index < -0.39 is 0 Å². The summed E-state index contributed by atoms with van der Waals surface area (Å²) in [6, 6.07) is 17.7. The summed E-state index contributed by atoms with van der Waals surface area (Å²) in [5.41, 5.74) is 2.87. The largest absolute Gasteiger partial charge is 0.372 e. The van der Waals surface area contributed by atoms with Crippen molar-refractivity contribution in [2.24, 2.45) is 0 Å². The fraction of sp³-hybridized carbons (Fsp3) is 0.391. The summed E-state index contributed by atoms with van der Waals surface area (Å²) < 4.78 is 5.79. The number of benzene rings is 2. The highest BCUT2D eigenvalue weighted by Crippen LogP contribution is 2.22. The van der Waals surface area contributed by atoms with Crippen molar-refractivity contribution >= 4 is 17.3 Å². The van der Waals surface area contributed by atoms with E-state index in [9.17, 15) is 4.79 Å². The molecule has 8 nitrogen and oxygen atoms in total. The van der Waals surface area contributed by atoms with Crippen LogP contribution in [-0.2, 0) is 16.1 Å². The molecule has 1 aromatic heterocycles. The highest BCUT2D eigenvalue weighted by Gasteiger charge is 2.22. The van der Waals surface area contributed by atoms with E-state index in [0.717, 1.165) is 30.0 Å². The number of morpholine rings is 1. The van der Waals surface area contributed by atoms with Crippen LogP contribution in [0.25, 0.3) is 11.4 Å². The molecule has 1 fully saturated rings. The molecule has 4 rings (SSSR count). The van der Waals surface area contributed by atoms with Gasteiger partial charge >= 0.3 is 0 Å². The smallest absolute Gasteiger partial charge is 0.224 e. The van der Waals surface area contributed by atoms with Crippen molar-refractivity contribution in [1.29, 1.82) is 0 Å². The van der Waals surface area contributed by atoms with Crippen LogP contribution < -0.4 is 10.2 Å². The van der Waals surface area contributed by atoms with Crippen molar-refractivity contribution in [2.45, 2.75) is 45.4 Å². The first-order valence-corrected chi connectivity index (χ1v) is 10.7. The molecule has 0 saturated carbocycles. The van der Waals surface area contributed by atoms with Gasteiger partial charge in [-0.05, 0) is 49.7 Å². The molecule has 1 aliphatic rings. The molecule has 2 heterocycles. The Morgan fingerprint density at radius 1 is 1.06 bits per heavy atom. The van der Waals surface area contributed by atoms with E-state index in [1.54, 1.807) is 0 Å². The highest BCUT2D eigenvalue weighted by atomic mass is 16.5. The van der Waals surface area contributed by atoms with Crippen molar-refractivity contribution in [2.75, 3.05) is 23.3 Å². The molecule has 8 heteroatoms. The number of aromatic nitrogens is 4. The molecule has 1 amide bonds. The molecule has 2 unspecified atom stereocenters. The summed E-state index contributed by atoms with van der Waals surface area (Å²) in [4.78, 5) is 16.2. The molecule has 1 saturated heterocycles. The van der Waals surface area contributed by atoms with Gasteiger partial charge in [-0.3, -0.25) is 4.79 Å².